The van der Waals surface area contributed by atoms with Crippen molar-refractivity contribution in [1.29, 1.82) is 10.5 Å². The van der Waals surface area contributed by atoms with Gasteiger partial charge in [-0.2, -0.15) is 10.5 Å². The van der Waals surface area contributed by atoms with Gasteiger partial charge in [-0.05, 0) is 157 Å². The molecule has 356 valence electrons. The van der Waals surface area contributed by atoms with Crippen LogP contribution >= 0.6 is 22.7 Å². The Labute approximate surface area is 441 Å². The highest BCUT2D eigenvalue weighted by Gasteiger charge is 2.53. The minimum Gasteiger partial charge on any atom is -0.293 e. The summed E-state index contributed by atoms with van der Waals surface area (Å²) in [6, 6.07) is 68.3. The van der Waals surface area contributed by atoms with Gasteiger partial charge in [0, 0.05) is 41.4 Å². The highest BCUT2D eigenvalue weighted by atomic mass is 32.1. The van der Waals surface area contributed by atoms with E-state index in [9.17, 15) is 15.3 Å². The van der Waals surface area contributed by atoms with Gasteiger partial charge in [0.2, 0.25) is 0 Å². The lowest BCUT2D eigenvalue weighted by molar-refractivity contribution is 0.0880. The summed E-state index contributed by atoms with van der Waals surface area (Å²) in [5.41, 5.74) is 19.9. The Morgan fingerprint density at radius 3 is 1.38 bits per heavy atom. The maximum absolute atomic E-state index is 14.3. The molecule has 0 aliphatic heterocycles. The number of fused-ring (bicyclic) bond motifs is 11. The van der Waals surface area contributed by atoms with Gasteiger partial charge in [-0.15, -0.1) is 22.7 Å². The highest BCUT2D eigenvalue weighted by molar-refractivity contribution is 7.20. The molecule has 13 rings (SSSR count). The molecule has 0 radical (unpaired) electrons. The summed E-state index contributed by atoms with van der Waals surface area (Å²) >= 11 is 3.77. The first-order chi connectivity index (χ1) is 35.9. The third-order valence-corrected chi connectivity index (χ3v) is 19.2. The fourth-order valence-corrected chi connectivity index (χ4v) is 15.7. The summed E-state index contributed by atoms with van der Waals surface area (Å²) in [6.07, 6.45) is 1.98. The molecule has 3 nitrogen and oxygen atoms in total. The van der Waals surface area contributed by atoms with Crippen molar-refractivity contribution in [2.45, 2.75) is 71.6 Å². The third kappa shape index (κ3) is 6.37. The molecule has 2 heterocycles. The Hall–Kier alpha value is -7.93. The van der Waals surface area contributed by atoms with Gasteiger partial charge in [0.1, 0.15) is 17.7 Å². The average molecular weight is 989 g/mol. The molecular formula is C69H52N2OS2. The lowest BCUT2D eigenvalue weighted by Crippen LogP contribution is -2.30. The van der Waals surface area contributed by atoms with Gasteiger partial charge in [-0.1, -0.05) is 168 Å². The second kappa shape index (κ2) is 16.8. The van der Waals surface area contributed by atoms with Crippen LogP contribution in [-0.2, 0) is 17.3 Å². The van der Waals surface area contributed by atoms with Crippen molar-refractivity contribution in [2.24, 2.45) is 5.41 Å². The quantitative estimate of drug-likeness (QED) is 0.143. The van der Waals surface area contributed by atoms with Gasteiger partial charge in [-0.25, -0.2) is 0 Å². The first-order valence-electron chi connectivity index (χ1n) is 25.7. The SMILES string of the molecule is Cc1ccc(C2(c3ccc(C)cc3)c3cc4c(cc3-c3c2ccc2cc(C)sc32)C(c2ccc(C)cc2)(c2ccc(C)cc2)c2ccc3cc(CCCC5(C)C(=O)c6ccccc6C5=C(C#N)C#N)sc3c2-4)cc1. The molecule has 8 aromatic carbocycles. The van der Waals surface area contributed by atoms with Crippen molar-refractivity contribution in [3.63, 3.8) is 0 Å². The van der Waals surface area contributed by atoms with Crippen LogP contribution in [0, 0.1) is 62.7 Å². The predicted molar refractivity (Wildman–Crippen MR) is 305 cm³/mol. The number of aryl methyl sites for hydroxylation is 6. The number of rotatable bonds is 8. The summed E-state index contributed by atoms with van der Waals surface area (Å²) < 4.78 is 2.59. The van der Waals surface area contributed by atoms with Gasteiger partial charge < -0.3 is 0 Å². The van der Waals surface area contributed by atoms with Gasteiger partial charge in [0.15, 0.2) is 5.78 Å². The second-order valence-electron chi connectivity index (χ2n) is 21.3. The Balaban J connectivity index is 1.07. The van der Waals surface area contributed by atoms with E-state index in [-0.39, 0.29) is 11.4 Å². The van der Waals surface area contributed by atoms with Crippen LogP contribution in [0.2, 0.25) is 0 Å². The molecule has 0 saturated carbocycles. The topological polar surface area (TPSA) is 64.7 Å². The lowest BCUT2D eigenvalue weighted by atomic mass is 9.65. The van der Waals surface area contributed by atoms with E-state index in [1.54, 1.807) is 0 Å². The number of allylic oxidation sites excluding steroid dienone is 2. The van der Waals surface area contributed by atoms with E-state index in [1.807, 2.05) is 53.9 Å². The fourth-order valence-electron chi connectivity index (χ4n) is 13.4. The van der Waals surface area contributed by atoms with E-state index in [4.69, 9.17) is 0 Å². The molecule has 3 aliphatic carbocycles. The summed E-state index contributed by atoms with van der Waals surface area (Å²) in [4.78, 5) is 16.8. The average Bonchev–Trinajstić information content (AvgIpc) is 4.27. The largest absolute Gasteiger partial charge is 0.293 e. The molecule has 2 aromatic heterocycles. The molecule has 0 spiro atoms. The van der Waals surface area contributed by atoms with Crippen molar-refractivity contribution in [3.8, 4) is 34.4 Å². The number of Topliss-reactive ketones (excluding diaryl/α,β-unsaturated/α-hetero) is 1. The molecule has 0 bridgehead atoms. The van der Waals surface area contributed by atoms with Crippen molar-refractivity contribution in [3.05, 3.63) is 263 Å². The number of carbonyl (C=O) groups excluding carboxylic acids is 1. The zero-order valence-corrected chi connectivity index (χ0v) is 44.0. The van der Waals surface area contributed by atoms with E-state index in [1.165, 1.54) is 119 Å². The van der Waals surface area contributed by atoms with Crippen LogP contribution in [-0.4, -0.2) is 5.78 Å². The molecule has 74 heavy (non-hydrogen) atoms. The number of benzene rings is 8. The minimum absolute atomic E-state index is 0.0163. The molecular weight excluding hydrogens is 937 g/mol. The molecule has 0 amide bonds. The lowest BCUT2D eigenvalue weighted by Gasteiger charge is -2.35. The number of hydrogen-bond acceptors (Lipinski definition) is 5. The van der Waals surface area contributed by atoms with Gasteiger partial charge in [-0.3, -0.25) is 4.79 Å². The Kier molecular flexibility index (Phi) is 10.4. The number of hydrogen-bond donors (Lipinski definition) is 0. The molecule has 3 aliphatic rings. The summed E-state index contributed by atoms with van der Waals surface area (Å²) in [6.45, 7) is 12.9. The first kappa shape index (κ1) is 45.9. The number of ketones is 1. The van der Waals surface area contributed by atoms with Crippen LogP contribution in [0.4, 0.5) is 0 Å². The van der Waals surface area contributed by atoms with Crippen molar-refractivity contribution in [1.82, 2.24) is 0 Å². The third-order valence-electron chi connectivity index (χ3n) is 16.9. The smallest absolute Gasteiger partial charge is 0.173 e. The van der Waals surface area contributed by atoms with E-state index in [0.717, 1.165) is 6.42 Å². The molecule has 0 fully saturated rings. The van der Waals surface area contributed by atoms with Crippen molar-refractivity contribution < 1.29 is 4.79 Å². The van der Waals surface area contributed by atoms with E-state index < -0.39 is 16.2 Å². The van der Waals surface area contributed by atoms with E-state index in [0.29, 0.717) is 29.5 Å². The Bertz CT molecular complexity index is 4030. The monoisotopic (exact) mass is 988 g/mol. The summed E-state index contributed by atoms with van der Waals surface area (Å²) in [5, 5.41) is 22.7. The molecule has 5 heteroatoms. The second-order valence-corrected chi connectivity index (χ2v) is 23.7. The highest BCUT2D eigenvalue weighted by Crippen LogP contribution is 2.65. The van der Waals surface area contributed by atoms with Crippen LogP contribution in [0.25, 0.3) is 48.0 Å². The maximum atomic E-state index is 14.3. The van der Waals surface area contributed by atoms with Crippen LogP contribution in [0.1, 0.15) is 112 Å². The van der Waals surface area contributed by atoms with Gasteiger partial charge in [0.25, 0.3) is 0 Å². The normalized spacial score (nSPS) is 16.4. The molecule has 0 N–H and O–H groups in total. The minimum atomic E-state index is -0.976. The summed E-state index contributed by atoms with van der Waals surface area (Å²) in [5.74, 6) is -0.0163. The molecule has 0 saturated heterocycles. The zero-order chi connectivity index (χ0) is 50.8. The predicted octanol–water partition coefficient (Wildman–Crippen LogP) is 17.4. The van der Waals surface area contributed by atoms with Gasteiger partial charge in [0.05, 0.1) is 16.2 Å². The maximum Gasteiger partial charge on any atom is 0.173 e. The van der Waals surface area contributed by atoms with Crippen LogP contribution in [0.5, 0.6) is 0 Å². The standard InChI is InChI=1S/C69H52N2OS2/c1-40-13-23-48(24-14-40)68(49-25-15-41(2)16-26-49)57-31-21-45-34-44(5)73-64(45)61(57)55-36-60-56(37-59(55)68)62-58(69(60,50-27-17-42(3)18-28-50)51-29-19-43(4)20-30-51)32-22-46-35-52(74-65(46)62)10-9-33-67(6)63(47(38-70)39-71)53-11-7-8-12-54(53)66(67)72/h7-8,11-32,34-37H,9-10,33H2,1-6H3. The number of nitriles is 2. The van der Waals surface area contributed by atoms with E-state index in [2.05, 4.69) is 192 Å². The number of thiophene rings is 2. The van der Waals surface area contributed by atoms with Crippen LogP contribution in [0.3, 0.4) is 0 Å². The summed E-state index contributed by atoms with van der Waals surface area (Å²) in [7, 11) is 0. The molecule has 1 atom stereocenters. The zero-order valence-electron chi connectivity index (χ0n) is 42.4. The molecule has 1 unspecified atom stereocenters. The fraction of sp³-hybridized carbons (Fsp3) is 0.174. The Morgan fingerprint density at radius 1 is 0.486 bits per heavy atom. The van der Waals surface area contributed by atoms with Crippen molar-refractivity contribution in [2.75, 3.05) is 0 Å². The number of nitrogens with zero attached hydrogens (tertiary/aromatic N) is 2. The van der Waals surface area contributed by atoms with Gasteiger partial charge >= 0.3 is 0 Å². The molecule has 10 aromatic rings. The van der Waals surface area contributed by atoms with Crippen LogP contribution < -0.4 is 0 Å². The first-order valence-corrected chi connectivity index (χ1v) is 27.3. The number of carbonyl (C=O) groups is 1. The Morgan fingerprint density at radius 2 is 0.919 bits per heavy atom. The van der Waals surface area contributed by atoms with Crippen LogP contribution in [0.15, 0.2) is 175 Å². The van der Waals surface area contributed by atoms with Crippen molar-refractivity contribution >= 4 is 54.2 Å². The van der Waals surface area contributed by atoms with E-state index >= 15 is 0 Å².